The molecule has 0 aliphatic heterocycles. The Balaban J connectivity index is 2.38. The van der Waals surface area contributed by atoms with E-state index in [1.54, 1.807) is 20.4 Å². The third-order valence-corrected chi connectivity index (χ3v) is 2.66. The van der Waals surface area contributed by atoms with Gasteiger partial charge in [0.25, 0.3) is 0 Å². The van der Waals surface area contributed by atoms with Gasteiger partial charge in [0.05, 0.1) is 14.2 Å². The Bertz CT molecular complexity index is 558. The maximum atomic E-state index is 5.28. The highest BCUT2D eigenvalue weighted by Crippen LogP contribution is 2.31. The predicted molar refractivity (Wildman–Crippen MR) is 74.7 cm³/mol. The second-order valence-corrected chi connectivity index (χ2v) is 3.87. The second-order valence-electron chi connectivity index (χ2n) is 3.87. The molecular weight excluding hydrogens is 242 g/mol. The van der Waals surface area contributed by atoms with Crippen LogP contribution in [0.3, 0.4) is 0 Å². The minimum atomic E-state index is 0.652. The molecule has 0 saturated heterocycles. The van der Waals surface area contributed by atoms with Crippen molar-refractivity contribution in [1.82, 2.24) is 9.97 Å². The zero-order valence-electron chi connectivity index (χ0n) is 11.3. The van der Waals surface area contributed by atoms with Crippen molar-refractivity contribution in [3.05, 3.63) is 30.5 Å². The number of rotatable bonds is 5. The summed E-state index contributed by atoms with van der Waals surface area (Å²) in [6, 6.07) is 7.46. The van der Waals surface area contributed by atoms with Crippen LogP contribution in [0.25, 0.3) is 11.4 Å². The monoisotopic (exact) mass is 259 g/mol. The van der Waals surface area contributed by atoms with Gasteiger partial charge in [-0.2, -0.15) is 0 Å². The molecule has 100 valence electrons. The lowest BCUT2D eigenvalue weighted by atomic mass is 10.2. The molecule has 2 rings (SSSR count). The van der Waals surface area contributed by atoms with Gasteiger partial charge in [-0.25, -0.2) is 9.97 Å². The zero-order valence-corrected chi connectivity index (χ0v) is 11.3. The molecule has 1 heterocycles. The molecule has 19 heavy (non-hydrogen) atoms. The van der Waals surface area contributed by atoms with E-state index in [-0.39, 0.29) is 0 Å². The zero-order chi connectivity index (χ0) is 13.7. The van der Waals surface area contributed by atoms with E-state index in [9.17, 15) is 0 Å². The lowest BCUT2D eigenvalue weighted by Crippen LogP contribution is -2.01. The SMILES string of the molecule is CCNc1ccnc(-c2ccc(OC)c(OC)c2)n1. The van der Waals surface area contributed by atoms with Gasteiger partial charge in [0, 0.05) is 18.3 Å². The van der Waals surface area contributed by atoms with E-state index in [0.717, 1.165) is 17.9 Å². The van der Waals surface area contributed by atoms with Gasteiger partial charge in [0.15, 0.2) is 17.3 Å². The van der Waals surface area contributed by atoms with E-state index in [1.807, 2.05) is 31.2 Å². The first-order chi connectivity index (χ1) is 9.28. The number of nitrogens with zero attached hydrogens (tertiary/aromatic N) is 2. The molecule has 0 amide bonds. The van der Waals surface area contributed by atoms with Crippen molar-refractivity contribution >= 4 is 5.82 Å². The molecular formula is C14H17N3O2. The highest BCUT2D eigenvalue weighted by Gasteiger charge is 2.08. The van der Waals surface area contributed by atoms with E-state index in [4.69, 9.17) is 9.47 Å². The Kier molecular flexibility index (Phi) is 4.18. The van der Waals surface area contributed by atoms with Crippen molar-refractivity contribution in [3.63, 3.8) is 0 Å². The number of hydrogen-bond acceptors (Lipinski definition) is 5. The van der Waals surface area contributed by atoms with Crippen LogP contribution in [0.2, 0.25) is 0 Å². The molecule has 0 saturated carbocycles. The van der Waals surface area contributed by atoms with Gasteiger partial charge in [0.1, 0.15) is 5.82 Å². The average molecular weight is 259 g/mol. The number of hydrogen-bond donors (Lipinski definition) is 1. The highest BCUT2D eigenvalue weighted by atomic mass is 16.5. The first-order valence-electron chi connectivity index (χ1n) is 6.07. The molecule has 1 N–H and O–H groups in total. The van der Waals surface area contributed by atoms with E-state index < -0.39 is 0 Å². The minimum Gasteiger partial charge on any atom is -0.493 e. The fourth-order valence-corrected chi connectivity index (χ4v) is 1.75. The lowest BCUT2D eigenvalue weighted by Gasteiger charge is -2.09. The Morgan fingerprint density at radius 3 is 2.58 bits per heavy atom. The third kappa shape index (κ3) is 2.93. The summed E-state index contributed by atoms with van der Waals surface area (Å²) in [5, 5.41) is 3.16. The van der Waals surface area contributed by atoms with Crippen LogP contribution in [0.5, 0.6) is 11.5 Å². The van der Waals surface area contributed by atoms with Gasteiger partial charge >= 0.3 is 0 Å². The van der Waals surface area contributed by atoms with Gasteiger partial charge < -0.3 is 14.8 Å². The summed E-state index contributed by atoms with van der Waals surface area (Å²) in [6.07, 6.45) is 1.73. The van der Waals surface area contributed by atoms with Crippen LogP contribution in [-0.2, 0) is 0 Å². The van der Waals surface area contributed by atoms with Crippen LogP contribution in [0.1, 0.15) is 6.92 Å². The molecule has 0 unspecified atom stereocenters. The summed E-state index contributed by atoms with van der Waals surface area (Å²) in [5.74, 6) is 2.81. The smallest absolute Gasteiger partial charge is 0.161 e. The van der Waals surface area contributed by atoms with E-state index >= 15 is 0 Å². The average Bonchev–Trinajstić information content (AvgIpc) is 2.47. The summed E-state index contributed by atoms with van der Waals surface area (Å²) < 4.78 is 10.5. The molecule has 5 heteroatoms. The molecule has 5 nitrogen and oxygen atoms in total. The van der Waals surface area contributed by atoms with E-state index in [1.165, 1.54) is 0 Å². The van der Waals surface area contributed by atoms with Crippen molar-refractivity contribution in [2.45, 2.75) is 6.92 Å². The van der Waals surface area contributed by atoms with Crippen molar-refractivity contribution in [3.8, 4) is 22.9 Å². The minimum absolute atomic E-state index is 0.652. The number of benzene rings is 1. The molecule has 0 spiro atoms. The molecule has 0 atom stereocenters. The van der Waals surface area contributed by atoms with Crippen LogP contribution >= 0.6 is 0 Å². The molecule has 0 aliphatic rings. The summed E-state index contributed by atoms with van der Waals surface area (Å²) >= 11 is 0. The first-order valence-corrected chi connectivity index (χ1v) is 6.07. The Morgan fingerprint density at radius 2 is 1.89 bits per heavy atom. The van der Waals surface area contributed by atoms with Gasteiger partial charge in [-0.3, -0.25) is 0 Å². The summed E-state index contributed by atoms with van der Waals surface area (Å²) in [6.45, 7) is 2.85. The summed E-state index contributed by atoms with van der Waals surface area (Å²) in [4.78, 5) is 8.72. The largest absolute Gasteiger partial charge is 0.493 e. The molecule has 1 aromatic carbocycles. The number of ether oxygens (including phenoxy) is 2. The first kappa shape index (κ1) is 13.1. The highest BCUT2D eigenvalue weighted by molar-refractivity contribution is 5.62. The maximum Gasteiger partial charge on any atom is 0.161 e. The normalized spacial score (nSPS) is 10.1. The van der Waals surface area contributed by atoms with Crippen LogP contribution in [-0.4, -0.2) is 30.7 Å². The number of aromatic nitrogens is 2. The fraction of sp³-hybridized carbons (Fsp3) is 0.286. The Hall–Kier alpha value is -2.30. The lowest BCUT2D eigenvalue weighted by molar-refractivity contribution is 0.355. The van der Waals surface area contributed by atoms with Gasteiger partial charge in [-0.15, -0.1) is 0 Å². The van der Waals surface area contributed by atoms with Crippen molar-refractivity contribution in [2.75, 3.05) is 26.1 Å². The Labute approximate surface area is 112 Å². The second kappa shape index (κ2) is 6.04. The van der Waals surface area contributed by atoms with Crippen LogP contribution in [0, 0.1) is 0 Å². The predicted octanol–water partition coefficient (Wildman–Crippen LogP) is 2.59. The number of nitrogens with one attached hydrogen (secondary N) is 1. The van der Waals surface area contributed by atoms with Gasteiger partial charge in [-0.05, 0) is 31.2 Å². The molecule has 0 aliphatic carbocycles. The molecule has 2 aromatic rings. The quantitative estimate of drug-likeness (QED) is 0.894. The molecule has 0 radical (unpaired) electrons. The van der Waals surface area contributed by atoms with E-state index in [2.05, 4.69) is 15.3 Å². The Morgan fingerprint density at radius 1 is 1.11 bits per heavy atom. The summed E-state index contributed by atoms with van der Waals surface area (Å²) in [5.41, 5.74) is 0.886. The third-order valence-electron chi connectivity index (χ3n) is 2.66. The van der Waals surface area contributed by atoms with Crippen LogP contribution in [0.4, 0.5) is 5.82 Å². The number of anilines is 1. The summed E-state index contributed by atoms with van der Waals surface area (Å²) in [7, 11) is 3.22. The van der Waals surface area contributed by atoms with Crippen molar-refractivity contribution in [2.24, 2.45) is 0 Å². The van der Waals surface area contributed by atoms with Crippen LogP contribution in [0.15, 0.2) is 30.5 Å². The van der Waals surface area contributed by atoms with Gasteiger partial charge in [0.2, 0.25) is 0 Å². The van der Waals surface area contributed by atoms with Crippen molar-refractivity contribution < 1.29 is 9.47 Å². The van der Waals surface area contributed by atoms with Crippen molar-refractivity contribution in [1.29, 1.82) is 0 Å². The van der Waals surface area contributed by atoms with Crippen LogP contribution < -0.4 is 14.8 Å². The number of methoxy groups -OCH3 is 2. The fourth-order valence-electron chi connectivity index (χ4n) is 1.75. The van der Waals surface area contributed by atoms with E-state index in [0.29, 0.717) is 17.3 Å². The topological polar surface area (TPSA) is 56.3 Å². The maximum absolute atomic E-state index is 5.28. The van der Waals surface area contributed by atoms with Gasteiger partial charge in [-0.1, -0.05) is 0 Å². The standard InChI is InChI=1S/C14H17N3O2/c1-4-15-13-7-8-16-14(17-13)10-5-6-11(18-2)12(9-10)19-3/h5-9H,4H2,1-3H3,(H,15,16,17). The molecule has 0 bridgehead atoms. The molecule has 1 aromatic heterocycles. The molecule has 0 fully saturated rings.